The number of nitrogen functional groups attached to an aromatic ring is 1. The zero-order chi connectivity index (χ0) is 16.7. The fourth-order valence-corrected chi connectivity index (χ4v) is 2.74. The number of rotatable bonds is 5. The number of likely N-dealkylation sites (tertiary alicyclic amines) is 1. The van der Waals surface area contributed by atoms with Crippen molar-refractivity contribution >= 4 is 17.6 Å². The number of hydrogen-bond acceptors (Lipinski definition) is 4. The van der Waals surface area contributed by atoms with Gasteiger partial charge in [-0.05, 0) is 43.4 Å². The van der Waals surface area contributed by atoms with E-state index in [1.165, 1.54) is 6.08 Å². The Balaban J connectivity index is 1.79. The third-order valence-corrected chi connectivity index (χ3v) is 3.99. The Morgan fingerprint density at radius 2 is 2.09 bits per heavy atom. The fraction of sp³-hybridized carbons (Fsp3) is 0.444. The van der Waals surface area contributed by atoms with Crippen LogP contribution in [0.3, 0.4) is 0 Å². The van der Waals surface area contributed by atoms with Crippen molar-refractivity contribution in [3.8, 4) is 0 Å². The highest BCUT2D eigenvalue weighted by Gasteiger charge is 2.21. The molecule has 1 amide bonds. The Labute approximate surface area is 137 Å². The Morgan fingerprint density at radius 3 is 2.74 bits per heavy atom. The van der Waals surface area contributed by atoms with Crippen LogP contribution in [-0.2, 0) is 20.7 Å². The molecule has 0 spiro atoms. The molecule has 5 nitrogen and oxygen atoms in total. The van der Waals surface area contributed by atoms with Crippen molar-refractivity contribution < 1.29 is 14.3 Å². The van der Waals surface area contributed by atoms with Crippen molar-refractivity contribution in [2.24, 2.45) is 5.92 Å². The van der Waals surface area contributed by atoms with Crippen LogP contribution >= 0.6 is 0 Å². The molecule has 0 saturated carbocycles. The summed E-state index contributed by atoms with van der Waals surface area (Å²) in [5, 5.41) is 0. The first-order chi connectivity index (χ1) is 11.1. The molecule has 0 bridgehead atoms. The Hall–Kier alpha value is -2.30. The minimum absolute atomic E-state index is 0.128. The van der Waals surface area contributed by atoms with Gasteiger partial charge in [-0.1, -0.05) is 18.2 Å². The van der Waals surface area contributed by atoms with Crippen molar-refractivity contribution in [2.45, 2.75) is 26.2 Å². The van der Waals surface area contributed by atoms with Gasteiger partial charge in [0.1, 0.15) is 0 Å². The first kappa shape index (κ1) is 17.1. The molecule has 1 aromatic carbocycles. The van der Waals surface area contributed by atoms with Gasteiger partial charge < -0.3 is 15.4 Å². The number of hydrogen-bond donors (Lipinski definition) is 1. The van der Waals surface area contributed by atoms with E-state index in [4.69, 9.17) is 10.5 Å². The van der Waals surface area contributed by atoms with E-state index < -0.39 is 0 Å². The largest absolute Gasteiger partial charge is 0.463 e. The van der Waals surface area contributed by atoms with Gasteiger partial charge >= 0.3 is 5.97 Å². The van der Waals surface area contributed by atoms with Crippen molar-refractivity contribution in [3.05, 3.63) is 42.0 Å². The lowest BCUT2D eigenvalue weighted by Gasteiger charge is -2.30. The lowest BCUT2D eigenvalue weighted by molar-refractivity contribution is -0.137. The number of carbonyl (C=O) groups is 2. The highest BCUT2D eigenvalue weighted by Crippen LogP contribution is 2.19. The number of carbonyl (C=O) groups excluding carboxylic acids is 2. The molecule has 0 aliphatic carbocycles. The molecule has 2 rings (SSSR count). The molecular weight excluding hydrogens is 292 g/mol. The van der Waals surface area contributed by atoms with E-state index in [0.29, 0.717) is 24.6 Å². The number of nitrogens with two attached hydrogens (primary N) is 1. The number of nitrogens with zero attached hydrogens (tertiary/aromatic N) is 1. The summed E-state index contributed by atoms with van der Waals surface area (Å²) < 4.78 is 4.87. The molecule has 0 unspecified atom stereocenters. The number of amides is 1. The predicted molar refractivity (Wildman–Crippen MR) is 89.6 cm³/mol. The average molecular weight is 316 g/mol. The van der Waals surface area contributed by atoms with E-state index >= 15 is 0 Å². The zero-order valence-electron chi connectivity index (χ0n) is 13.5. The predicted octanol–water partition coefficient (Wildman–Crippen LogP) is 2.17. The molecule has 2 N–H and O–H groups in total. The quantitative estimate of drug-likeness (QED) is 0.513. The van der Waals surface area contributed by atoms with E-state index in [1.54, 1.807) is 6.92 Å². The number of piperidine rings is 1. The maximum absolute atomic E-state index is 12.3. The van der Waals surface area contributed by atoms with Crippen LogP contribution in [0.25, 0.3) is 0 Å². The van der Waals surface area contributed by atoms with Gasteiger partial charge in [-0.2, -0.15) is 0 Å². The van der Waals surface area contributed by atoms with Gasteiger partial charge in [0.15, 0.2) is 0 Å². The summed E-state index contributed by atoms with van der Waals surface area (Å²) in [6, 6.07) is 7.44. The van der Waals surface area contributed by atoms with Crippen LogP contribution in [0, 0.1) is 5.92 Å². The van der Waals surface area contributed by atoms with Crippen LogP contribution in [0.5, 0.6) is 0 Å². The second-order valence-corrected chi connectivity index (χ2v) is 5.75. The summed E-state index contributed by atoms with van der Waals surface area (Å²) in [6.07, 6.45) is 5.53. The van der Waals surface area contributed by atoms with Gasteiger partial charge in [0, 0.05) is 24.9 Å². The van der Waals surface area contributed by atoms with Crippen molar-refractivity contribution in [3.63, 3.8) is 0 Å². The minimum atomic E-state index is -0.298. The van der Waals surface area contributed by atoms with Gasteiger partial charge in [-0.15, -0.1) is 0 Å². The van der Waals surface area contributed by atoms with E-state index in [0.717, 1.165) is 31.5 Å². The van der Waals surface area contributed by atoms with Crippen LogP contribution in [0.1, 0.15) is 25.3 Å². The van der Waals surface area contributed by atoms with Gasteiger partial charge in [0.2, 0.25) is 5.91 Å². The van der Waals surface area contributed by atoms with Crippen LogP contribution in [-0.4, -0.2) is 36.5 Å². The van der Waals surface area contributed by atoms with Gasteiger partial charge in [0.25, 0.3) is 0 Å². The third-order valence-electron chi connectivity index (χ3n) is 3.99. The lowest BCUT2D eigenvalue weighted by atomic mass is 9.96. The zero-order valence-corrected chi connectivity index (χ0v) is 13.5. The number of anilines is 1. The Bertz CT molecular complexity index is 575. The van der Waals surface area contributed by atoms with Crippen LogP contribution in [0.4, 0.5) is 5.69 Å². The Morgan fingerprint density at radius 1 is 1.35 bits per heavy atom. The number of ether oxygens (including phenoxy) is 1. The van der Waals surface area contributed by atoms with Gasteiger partial charge in [-0.3, -0.25) is 4.79 Å². The fourth-order valence-electron chi connectivity index (χ4n) is 2.74. The summed E-state index contributed by atoms with van der Waals surface area (Å²) in [5.74, 6) is 0.159. The summed E-state index contributed by atoms with van der Waals surface area (Å²) in [5.41, 5.74) is 7.36. The molecule has 0 radical (unpaired) electrons. The summed E-state index contributed by atoms with van der Waals surface area (Å²) in [7, 11) is 0. The summed E-state index contributed by atoms with van der Waals surface area (Å²) in [6.45, 7) is 3.62. The minimum Gasteiger partial charge on any atom is -0.463 e. The first-order valence-electron chi connectivity index (χ1n) is 8.05. The molecule has 1 saturated heterocycles. The van der Waals surface area contributed by atoms with E-state index in [1.807, 2.05) is 35.2 Å². The van der Waals surface area contributed by atoms with Crippen LogP contribution < -0.4 is 5.73 Å². The van der Waals surface area contributed by atoms with E-state index in [-0.39, 0.29) is 11.9 Å². The molecule has 0 atom stereocenters. The van der Waals surface area contributed by atoms with Crippen molar-refractivity contribution in [1.29, 1.82) is 0 Å². The summed E-state index contributed by atoms with van der Waals surface area (Å²) in [4.78, 5) is 25.5. The van der Waals surface area contributed by atoms with Crippen LogP contribution in [0.2, 0.25) is 0 Å². The molecule has 124 valence electrons. The first-order valence-corrected chi connectivity index (χ1v) is 8.05. The van der Waals surface area contributed by atoms with E-state index in [2.05, 4.69) is 0 Å². The number of allylic oxidation sites excluding steroid dienone is 1. The number of benzene rings is 1. The van der Waals surface area contributed by atoms with E-state index in [9.17, 15) is 9.59 Å². The maximum Gasteiger partial charge on any atom is 0.330 e. The maximum atomic E-state index is 12.3. The standard InChI is InChI=1S/C18H24N2O3/c1-2-23-18(22)7-6-14-8-10-20(11-9-14)17(21)13-15-4-3-5-16(19)12-15/h3-7,12,14H,2,8-11,13,19H2,1H3/b7-6+. The third kappa shape index (κ3) is 5.43. The summed E-state index contributed by atoms with van der Waals surface area (Å²) >= 11 is 0. The molecule has 5 heteroatoms. The van der Waals surface area contributed by atoms with Gasteiger partial charge in [0.05, 0.1) is 13.0 Å². The molecule has 1 heterocycles. The highest BCUT2D eigenvalue weighted by molar-refractivity contribution is 5.82. The molecule has 1 aliphatic heterocycles. The second-order valence-electron chi connectivity index (χ2n) is 5.75. The van der Waals surface area contributed by atoms with Gasteiger partial charge in [-0.25, -0.2) is 4.79 Å². The SMILES string of the molecule is CCOC(=O)/C=C/C1CCN(C(=O)Cc2cccc(N)c2)CC1. The Kier molecular flexibility index (Phi) is 6.20. The monoisotopic (exact) mass is 316 g/mol. The molecule has 1 aliphatic rings. The molecular formula is C18H24N2O3. The average Bonchev–Trinajstić information content (AvgIpc) is 2.54. The van der Waals surface area contributed by atoms with Crippen molar-refractivity contribution in [2.75, 3.05) is 25.4 Å². The smallest absolute Gasteiger partial charge is 0.330 e. The highest BCUT2D eigenvalue weighted by atomic mass is 16.5. The molecule has 0 aromatic heterocycles. The normalized spacial score (nSPS) is 15.8. The lowest BCUT2D eigenvalue weighted by Crippen LogP contribution is -2.39. The van der Waals surface area contributed by atoms with Crippen LogP contribution in [0.15, 0.2) is 36.4 Å². The number of esters is 1. The molecule has 1 aromatic rings. The van der Waals surface area contributed by atoms with Crippen molar-refractivity contribution in [1.82, 2.24) is 4.90 Å². The molecule has 1 fully saturated rings. The topological polar surface area (TPSA) is 72.6 Å². The second kappa shape index (κ2) is 8.36. The molecule has 23 heavy (non-hydrogen) atoms.